The first-order valence-electron chi connectivity index (χ1n) is 8.01. The number of anilines is 1. The van der Waals surface area contributed by atoms with Gasteiger partial charge in [0.15, 0.2) is 5.69 Å². The predicted octanol–water partition coefficient (Wildman–Crippen LogP) is 1.14. The summed E-state index contributed by atoms with van der Waals surface area (Å²) < 4.78 is 4.86. The Balaban J connectivity index is 1.73. The molecule has 2 N–H and O–H groups in total. The molecule has 3 heterocycles. The lowest BCUT2D eigenvalue weighted by Crippen LogP contribution is -2.16. The van der Waals surface area contributed by atoms with Gasteiger partial charge in [0.05, 0.1) is 24.6 Å². The van der Waals surface area contributed by atoms with Crippen molar-refractivity contribution in [2.45, 2.75) is 26.9 Å². The summed E-state index contributed by atoms with van der Waals surface area (Å²) in [7, 11) is 1.56. The van der Waals surface area contributed by atoms with Crippen LogP contribution in [0.4, 0.5) is 5.69 Å². The van der Waals surface area contributed by atoms with Crippen molar-refractivity contribution in [3.63, 3.8) is 0 Å². The Morgan fingerprint density at radius 3 is 2.65 bits per heavy atom. The van der Waals surface area contributed by atoms with Crippen molar-refractivity contribution in [2.24, 2.45) is 7.05 Å². The number of aromatic nitrogens is 6. The van der Waals surface area contributed by atoms with E-state index in [-0.39, 0.29) is 11.3 Å². The van der Waals surface area contributed by atoms with Gasteiger partial charge in [0, 0.05) is 37.2 Å². The number of aryl methyl sites for hydroxylation is 2. The zero-order chi connectivity index (χ0) is 18.8. The van der Waals surface area contributed by atoms with Gasteiger partial charge < -0.3 is 10.4 Å². The minimum absolute atomic E-state index is 0.146. The molecule has 26 heavy (non-hydrogen) atoms. The van der Waals surface area contributed by atoms with Crippen molar-refractivity contribution in [3.8, 4) is 0 Å². The quantitative estimate of drug-likeness (QED) is 0.683. The molecule has 0 spiro atoms. The molecule has 3 aromatic heterocycles. The van der Waals surface area contributed by atoms with Crippen LogP contribution in [0.5, 0.6) is 0 Å². The van der Waals surface area contributed by atoms with Crippen molar-refractivity contribution in [1.82, 2.24) is 29.3 Å². The van der Waals surface area contributed by atoms with E-state index in [9.17, 15) is 9.59 Å². The van der Waals surface area contributed by atoms with Gasteiger partial charge in [0.2, 0.25) is 0 Å². The third kappa shape index (κ3) is 3.34. The molecule has 0 radical (unpaired) electrons. The lowest BCUT2D eigenvalue weighted by molar-refractivity contribution is 0.0692. The Bertz CT molecular complexity index is 967. The van der Waals surface area contributed by atoms with Crippen LogP contribution in [0.2, 0.25) is 0 Å². The van der Waals surface area contributed by atoms with Crippen LogP contribution in [0, 0.1) is 6.92 Å². The van der Waals surface area contributed by atoms with Crippen molar-refractivity contribution in [1.29, 1.82) is 0 Å². The lowest BCUT2D eigenvalue weighted by atomic mass is 10.2. The lowest BCUT2D eigenvalue weighted by Gasteiger charge is -2.03. The van der Waals surface area contributed by atoms with Crippen LogP contribution >= 0.6 is 0 Å². The topological polar surface area (TPSA) is 120 Å². The van der Waals surface area contributed by atoms with Crippen LogP contribution in [0.3, 0.4) is 0 Å². The number of carboxylic acid groups (broad SMARTS) is 1. The van der Waals surface area contributed by atoms with Crippen LogP contribution in [0.15, 0.2) is 24.8 Å². The SMILES string of the molecule is CCn1ncc(Cn2cc(NC(=O)c3nn(C)cc3C(=O)O)cn2)c1C. The molecular formula is C16H19N7O3. The van der Waals surface area contributed by atoms with Gasteiger partial charge in [-0.1, -0.05) is 0 Å². The van der Waals surface area contributed by atoms with Gasteiger partial charge in [-0.25, -0.2) is 4.79 Å². The van der Waals surface area contributed by atoms with Gasteiger partial charge in [0.25, 0.3) is 5.91 Å². The first-order valence-corrected chi connectivity index (χ1v) is 8.01. The highest BCUT2D eigenvalue weighted by Crippen LogP contribution is 2.14. The molecule has 1 amide bonds. The fraction of sp³-hybridized carbons (Fsp3) is 0.312. The molecule has 0 bridgehead atoms. The van der Waals surface area contributed by atoms with E-state index >= 15 is 0 Å². The number of aromatic carboxylic acids is 1. The summed E-state index contributed by atoms with van der Waals surface area (Å²) in [4.78, 5) is 23.5. The summed E-state index contributed by atoms with van der Waals surface area (Å²) in [6, 6.07) is 0. The van der Waals surface area contributed by atoms with Crippen molar-refractivity contribution < 1.29 is 14.7 Å². The molecule has 3 rings (SSSR count). The number of hydrogen-bond donors (Lipinski definition) is 2. The smallest absolute Gasteiger partial charge is 0.339 e. The second kappa shape index (κ2) is 6.82. The average Bonchev–Trinajstić information content (AvgIpc) is 3.28. The zero-order valence-electron chi connectivity index (χ0n) is 14.7. The van der Waals surface area contributed by atoms with E-state index in [2.05, 4.69) is 20.6 Å². The van der Waals surface area contributed by atoms with Crippen LogP contribution in [0.25, 0.3) is 0 Å². The van der Waals surface area contributed by atoms with Crippen molar-refractivity contribution in [2.75, 3.05) is 5.32 Å². The van der Waals surface area contributed by atoms with Gasteiger partial charge in [0.1, 0.15) is 5.56 Å². The Labute approximate surface area is 149 Å². The maximum Gasteiger partial charge on any atom is 0.339 e. The largest absolute Gasteiger partial charge is 0.478 e. The highest BCUT2D eigenvalue weighted by molar-refractivity contribution is 6.09. The molecule has 0 saturated carbocycles. The monoisotopic (exact) mass is 357 g/mol. The number of nitrogens with one attached hydrogen (secondary N) is 1. The second-order valence-electron chi connectivity index (χ2n) is 5.82. The number of hydrogen-bond acceptors (Lipinski definition) is 5. The normalized spacial score (nSPS) is 10.9. The first-order chi connectivity index (χ1) is 12.4. The summed E-state index contributed by atoms with van der Waals surface area (Å²) >= 11 is 0. The highest BCUT2D eigenvalue weighted by atomic mass is 16.4. The fourth-order valence-corrected chi connectivity index (χ4v) is 2.65. The maximum absolute atomic E-state index is 12.3. The molecule has 0 saturated heterocycles. The maximum atomic E-state index is 12.3. The first kappa shape index (κ1) is 17.4. The van der Waals surface area contributed by atoms with E-state index in [4.69, 9.17) is 5.11 Å². The number of rotatable bonds is 6. The van der Waals surface area contributed by atoms with Crippen molar-refractivity contribution >= 4 is 17.6 Å². The standard InChI is InChI=1S/C16H19N7O3/c1-4-23-10(2)11(5-18-23)7-22-8-12(6-17-22)19-15(24)14-13(16(25)26)9-21(3)20-14/h5-6,8-9H,4,7H2,1-3H3,(H,19,24)(H,25,26). The molecule has 0 aliphatic carbocycles. The molecule has 0 aliphatic rings. The molecule has 3 aromatic rings. The predicted molar refractivity (Wildman–Crippen MR) is 92.1 cm³/mol. The minimum Gasteiger partial charge on any atom is -0.478 e. The Morgan fingerprint density at radius 2 is 2.00 bits per heavy atom. The Morgan fingerprint density at radius 1 is 1.23 bits per heavy atom. The second-order valence-corrected chi connectivity index (χ2v) is 5.82. The number of amides is 1. The molecule has 0 aliphatic heterocycles. The number of carboxylic acids is 1. The summed E-state index contributed by atoms with van der Waals surface area (Å²) in [5, 5.41) is 24.2. The average molecular weight is 357 g/mol. The van der Waals surface area contributed by atoms with Crippen LogP contribution in [-0.4, -0.2) is 46.3 Å². The Kier molecular flexibility index (Phi) is 4.57. The molecule has 10 heteroatoms. The third-order valence-corrected chi connectivity index (χ3v) is 4.00. The molecular weight excluding hydrogens is 338 g/mol. The van der Waals surface area contributed by atoms with E-state index in [0.717, 1.165) is 17.8 Å². The summed E-state index contributed by atoms with van der Waals surface area (Å²) in [6.07, 6.45) is 6.26. The fourth-order valence-electron chi connectivity index (χ4n) is 2.65. The zero-order valence-corrected chi connectivity index (χ0v) is 14.7. The van der Waals surface area contributed by atoms with E-state index in [1.165, 1.54) is 17.1 Å². The summed E-state index contributed by atoms with van der Waals surface area (Å²) in [6.45, 7) is 5.33. The molecule has 0 atom stereocenters. The van der Waals surface area contributed by atoms with Gasteiger partial charge in [-0.05, 0) is 13.8 Å². The summed E-state index contributed by atoms with van der Waals surface area (Å²) in [5.74, 6) is -1.81. The van der Waals surface area contributed by atoms with Crippen LogP contribution < -0.4 is 5.32 Å². The molecule has 0 aromatic carbocycles. The van der Waals surface area contributed by atoms with E-state index in [1.807, 2.05) is 18.5 Å². The number of carbonyl (C=O) groups is 2. The molecule has 0 unspecified atom stereocenters. The van der Waals surface area contributed by atoms with Gasteiger partial charge in [-0.3, -0.25) is 18.8 Å². The minimum atomic E-state index is -1.21. The molecule has 136 valence electrons. The van der Waals surface area contributed by atoms with Crippen LogP contribution in [-0.2, 0) is 20.1 Å². The van der Waals surface area contributed by atoms with E-state index in [1.54, 1.807) is 24.1 Å². The van der Waals surface area contributed by atoms with Crippen molar-refractivity contribution in [3.05, 3.63) is 47.3 Å². The van der Waals surface area contributed by atoms with E-state index < -0.39 is 11.9 Å². The summed E-state index contributed by atoms with van der Waals surface area (Å²) in [5.41, 5.74) is 2.25. The van der Waals surface area contributed by atoms with Gasteiger partial charge in [-0.2, -0.15) is 15.3 Å². The molecule has 0 fully saturated rings. The van der Waals surface area contributed by atoms with Gasteiger partial charge >= 0.3 is 5.97 Å². The molecule has 10 nitrogen and oxygen atoms in total. The third-order valence-electron chi connectivity index (χ3n) is 4.00. The number of nitrogens with zero attached hydrogens (tertiary/aromatic N) is 6. The van der Waals surface area contributed by atoms with E-state index in [0.29, 0.717) is 12.2 Å². The Hall–Kier alpha value is -3.43. The highest BCUT2D eigenvalue weighted by Gasteiger charge is 2.21. The van der Waals surface area contributed by atoms with Gasteiger partial charge in [-0.15, -0.1) is 0 Å². The number of carbonyl (C=O) groups excluding carboxylic acids is 1. The van der Waals surface area contributed by atoms with Crippen LogP contribution in [0.1, 0.15) is 39.0 Å².